The van der Waals surface area contributed by atoms with E-state index in [4.69, 9.17) is 10.2 Å². The van der Waals surface area contributed by atoms with E-state index in [0.717, 1.165) is 0 Å². The second kappa shape index (κ2) is 10.8. The summed E-state index contributed by atoms with van der Waals surface area (Å²) in [6.07, 6.45) is 16.0. The molecule has 0 unspecified atom stereocenters. The molecule has 2 aliphatic rings. The first-order chi connectivity index (χ1) is 8.86. The van der Waals surface area contributed by atoms with Crippen LogP contribution in [0, 0.1) is 11.8 Å². The third-order valence-corrected chi connectivity index (χ3v) is 4.47. The number of aliphatic hydroxyl groups is 2. The molecule has 0 amide bonds. The molecule has 0 atom stereocenters. The van der Waals surface area contributed by atoms with Gasteiger partial charge in [-0.15, -0.1) is 0 Å². The molecule has 0 aliphatic heterocycles. The van der Waals surface area contributed by atoms with E-state index >= 15 is 0 Å². The highest BCUT2D eigenvalue weighted by atomic mass is 16.3. The molecule has 0 radical (unpaired) electrons. The van der Waals surface area contributed by atoms with Crippen molar-refractivity contribution in [3.63, 3.8) is 0 Å². The van der Waals surface area contributed by atoms with Crippen LogP contribution in [0.3, 0.4) is 0 Å². The van der Waals surface area contributed by atoms with E-state index in [1.807, 2.05) is 0 Å². The smallest absolute Gasteiger partial charge is 0.0459 e. The molecule has 0 spiro atoms. The lowest BCUT2D eigenvalue weighted by Gasteiger charge is -2.18. The van der Waals surface area contributed by atoms with Gasteiger partial charge in [0.2, 0.25) is 0 Å². The number of hydrogen-bond donors (Lipinski definition) is 2. The Morgan fingerprint density at radius 2 is 0.778 bits per heavy atom. The Morgan fingerprint density at radius 1 is 0.500 bits per heavy atom. The molecule has 2 heteroatoms. The zero-order valence-corrected chi connectivity index (χ0v) is 11.9. The highest BCUT2D eigenvalue weighted by molar-refractivity contribution is 4.63. The van der Waals surface area contributed by atoms with E-state index in [1.54, 1.807) is 0 Å². The maximum Gasteiger partial charge on any atom is 0.0459 e. The second-order valence-corrected chi connectivity index (χ2v) is 6.08. The molecular weight excluding hydrogens is 224 g/mol. The predicted octanol–water partition coefficient (Wildman–Crippen LogP) is 3.90. The average molecular weight is 256 g/mol. The van der Waals surface area contributed by atoms with Gasteiger partial charge in [-0.2, -0.15) is 0 Å². The van der Waals surface area contributed by atoms with Crippen molar-refractivity contribution < 1.29 is 10.2 Å². The van der Waals surface area contributed by atoms with Crippen molar-refractivity contribution in [3.05, 3.63) is 0 Å². The van der Waals surface area contributed by atoms with Crippen LogP contribution in [0.2, 0.25) is 0 Å². The minimum absolute atomic E-state index is 0.417. The van der Waals surface area contributed by atoms with Gasteiger partial charge in [0.15, 0.2) is 0 Å². The van der Waals surface area contributed by atoms with E-state index < -0.39 is 0 Å². The van der Waals surface area contributed by atoms with Crippen LogP contribution in [-0.2, 0) is 0 Å². The molecule has 108 valence electrons. The van der Waals surface area contributed by atoms with Gasteiger partial charge in [0.25, 0.3) is 0 Å². The molecule has 0 aromatic rings. The Hall–Kier alpha value is -0.0800. The fourth-order valence-corrected chi connectivity index (χ4v) is 3.09. The molecular formula is C16H32O2. The third-order valence-electron chi connectivity index (χ3n) is 4.47. The third kappa shape index (κ3) is 7.38. The summed E-state index contributed by atoms with van der Waals surface area (Å²) in [6, 6.07) is 0. The van der Waals surface area contributed by atoms with Crippen LogP contribution in [0.4, 0.5) is 0 Å². The summed E-state index contributed by atoms with van der Waals surface area (Å²) in [6.45, 7) is 0.833. The largest absolute Gasteiger partial charge is 0.396 e. The monoisotopic (exact) mass is 256 g/mol. The molecule has 0 aromatic heterocycles. The Morgan fingerprint density at radius 3 is 1.11 bits per heavy atom. The van der Waals surface area contributed by atoms with Gasteiger partial charge < -0.3 is 10.2 Å². The number of rotatable bonds is 2. The molecule has 2 saturated carbocycles. The molecule has 2 aliphatic carbocycles. The fraction of sp³-hybridized carbons (Fsp3) is 1.00. The van der Waals surface area contributed by atoms with Gasteiger partial charge in [-0.1, -0.05) is 51.4 Å². The summed E-state index contributed by atoms with van der Waals surface area (Å²) in [5.74, 6) is 1.27. The van der Waals surface area contributed by atoms with Crippen LogP contribution in [0.1, 0.15) is 77.0 Å². The van der Waals surface area contributed by atoms with Crippen molar-refractivity contribution in [2.45, 2.75) is 77.0 Å². The molecule has 0 bridgehead atoms. The first-order valence-electron chi connectivity index (χ1n) is 8.08. The summed E-state index contributed by atoms with van der Waals surface area (Å²) >= 11 is 0. The van der Waals surface area contributed by atoms with Crippen LogP contribution in [0.25, 0.3) is 0 Å². The Balaban J connectivity index is 0.000000184. The van der Waals surface area contributed by atoms with E-state index in [2.05, 4.69) is 0 Å². The minimum atomic E-state index is 0.417. The van der Waals surface area contributed by atoms with Crippen molar-refractivity contribution in [2.24, 2.45) is 11.8 Å². The molecule has 0 aromatic carbocycles. The Kier molecular flexibility index (Phi) is 9.59. The molecule has 0 heterocycles. The van der Waals surface area contributed by atoms with Crippen molar-refractivity contribution in [1.82, 2.24) is 0 Å². The van der Waals surface area contributed by atoms with Crippen molar-refractivity contribution in [3.8, 4) is 0 Å². The molecule has 2 fully saturated rings. The zero-order chi connectivity index (χ0) is 13.1. The number of hydrogen-bond acceptors (Lipinski definition) is 2. The van der Waals surface area contributed by atoms with E-state index in [-0.39, 0.29) is 0 Å². The summed E-state index contributed by atoms with van der Waals surface area (Å²) in [5, 5.41) is 17.6. The average Bonchev–Trinajstić information content (AvgIpc) is 2.40. The number of aliphatic hydroxyl groups excluding tert-OH is 2. The lowest BCUT2D eigenvalue weighted by molar-refractivity contribution is 0.190. The first-order valence-corrected chi connectivity index (χ1v) is 8.08. The van der Waals surface area contributed by atoms with Crippen molar-refractivity contribution in [2.75, 3.05) is 13.2 Å². The Labute approximate surface area is 113 Å². The molecule has 2 rings (SSSR count). The van der Waals surface area contributed by atoms with E-state index in [9.17, 15) is 0 Å². The maximum absolute atomic E-state index is 8.91. The fourth-order valence-electron chi connectivity index (χ4n) is 3.09. The van der Waals surface area contributed by atoms with Gasteiger partial charge in [0, 0.05) is 13.2 Å². The van der Waals surface area contributed by atoms with Crippen molar-refractivity contribution in [1.29, 1.82) is 0 Å². The van der Waals surface area contributed by atoms with Gasteiger partial charge >= 0.3 is 0 Å². The van der Waals surface area contributed by atoms with Crippen LogP contribution < -0.4 is 0 Å². The van der Waals surface area contributed by atoms with Crippen LogP contribution in [0.5, 0.6) is 0 Å². The Bertz CT molecular complexity index is 168. The molecule has 0 saturated heterocycles. The predicted molar refractivity (Wildman–Crippen MR) is 76.6 cm³/mol. The lowest BCUT2D eigenvalue weighted by Crippen LogP contribution is -2.09. The van der Waals surface area contributed by atoms with Crippen LogP contribution >= 0.6 is 0 Å². The summed E-state index contributed by atoms with van der Waals surface area (Å²) < 4.78 is 0. The molecule has 2 nitrogen and oxygen atoms in total. The lowest BCUT2D eigenvalue weighted by atomic mass is 9.90. The highest BCUT2D eigenvalue weighted by Gasteiger charge is 2.10. The standard InChI is InChI=1S/C9H18O.C7H14O/c10-8-9-6-4-2-1-3-5-7-9;8-6-7-4-2-1-3-5-7/h9-10H,1-8H2;7-8H,1-6H2. The van der Waals surface area contributed by atoms with Crippen LogP contribution in [-0.4, -0.2) is 23.4 Å². The topological polar surface area (TPSA) is 40.5 Å². The first kappa shape index (κ1) is 16.0. The van der Waals surface area contributed by atoms with Crippen LogP contribution in [0.15, 0.2) is 0 Å². The maximum atomic E-state index is 8.91. The normalized spacial score (nSPS) is 23.7. The van der Waals surface area contributed by atoms with Crippen molar-refractivity contribution >= 4 is 0 Å². The minimum Gasteiger partial charge on any atom is -0.396 e. The summed E-state index contributed by atoms with van der Waals surface area (Å²) in [5.41, 5.74) is 0. The summed E-state index contributed by atoms with van der Waals surface area (Å²) in [7, 11) is 0. The quantitative estimate of drug-likeness (QED) is 0.786. The zero-order valence-electron chi connectivity index (χ0n) is 11.9. The molecule has 2 N–H and O–H groups in total. The second-order valence-electron chi connectivity index (χ2n) is 6.08. The van der Waals surface area contributed by atoms with Gasteiger partial charge in [-0.3, -0.25) is 0 Å². The molecule has 18 heavy (non-hydrogen) atoms. The van der Waals surface area contributed by atoms with Gasteiger partial charge in [-0.05, 0) is 37.5 Å². The van der Waals surface area contributed by atoms with E-state index in [0.29, 0.717) is 25.0 Å². The van der Waals surface area contributed by atoms with Gasteiger partial charge in [0.05, 0.1) is 0 Å². The van der Waals surface area contributed by atoms with Gasteiger partial charge in [-0.25, -0.2) is 0 Å². The SMILES string of the molecule is OCC1CCCCC1.OCC1CCCCCCC1. The van der Waals surface area contributed by atoms with E-state index in [1.165, 1.54) is 77.0 Å². The summed E-state index contributed by atoms with van der Waals surface area (Å²) in [4.78, 5) is 0. The van der Waals surface area contributed by atoms with Gasteiger partial charge in [0.1, 0.15) is 0 Å². The highest BCUT2D eigenvalue weighted by Crippen LogP contribution is 2.22.